The summed E-state index contributed by atoms with van der Waals surface area (Å²) in [6.45, 7) is 0.981. The van der Waals surface area contributed by atoms with E-state index < -0.39 is 4.92 Å². The third-order valence-corrected chi connectivity index (χ3v) is 4.96. The van der Waals surface area contributed by atoms with Gasteiger partial charge in [-0.15, -0.1) is 0 Å². The molecule has 1 unspecified atom stereocenters. The summed E-state index contributed by atoms with van der Waals surface area (Å²) in [5.74, 6) is -0.500. The topological polar surface area (TPSA) is 75.5 Å². The van der Waals surface area contributed by atoms with Crippen molar-refractivity contribution in [2.45, 2.75) is 25.3 Å². The molecule has 142 valence electrons. The van der Waals surface area contributed by atoms with E-state index >= 15 is 0 Å². The molecule has 0 bridgehead atoms. The Morgan fingerprint density at radius 1 is 1.33 bits per heavy atom. The van der Waals surface area contributed by atoms with Crippen molar-refractivity contribution in [3.63, 3.8) is 0 Å². The molecule has 0 saturated carbocycles. The van der Waals surface area contributed by atoms with Gasteiger partial charge in [0, 0.05) is 18.2 Å². The number of carbonyl (C=O) groups excluding carboxylic acids is 1. The van der Waals surface area contributed by atoms with E-state index in [1.165, 1.54) is 30.3 Å². The van der Waals surface area contributed by atoms with Gasteiger partial charge in [-0.05, 0) is 49.6 Å². The number of carbonyl (C=O) groups is 1. The van der Waals surface area contributed by atoms with Crippen molar-refractivity contribution in [1.29, 1.82) is 0 Å². The van der Waals surface area contributed by atoms with Crippen molar-refractivity contribution >= 4 is 28.9 Å². The van der Waals surface area contributed by atoms with E-state index in [2.05, 4.69) is 10.2 Å². The van der Waals surface area contributed by atoms with Crippen LogP contribution in [-0.4, -0.2) is 34.9 Å². The molecule has 2 aromatic carbocycles. The fourth-order valence-electron chi connectivity index (χ4n) is 3.36. The molecule has 0 aliphatic carbocycles. The number of nitro benzene ring substituents is 1. The fourth-order valence-corrected chi connectivity index (χ4v) is 3.59. The summed E-state index contributed by atoms with van der Waals surface area (Å²) in [5, 5.41) is 13.6. The predicted octanol–water partition coefficient (Wildman–Crippen LogP) is 4.03. The van der Waals surface area contributed by atoms with E-state index in [0.29, 0.717) is 12.1 Å². The zero-order valence-electron chi connectivity index (χ0n) is 14.5. The Labute approximate surface area is 161 Å². The zero-order chi connectivity index (χ0) is 19.4. The first-order valence-corrected chi connectivity index (χ1v) is 9.02. The van der Waals surface area contributed by atoms with Crippen molar-refractivity contribution < 1.29 is 14.1 Å². The maximum atomic E-state index is 13.4. The molecule has 0 aromatic heterocycles. The molecule has 1 heterocycles. The number of hydrogen-bond donors (Lipinski definition) is 1. The molecular weight excluding hydrogens is 373 g/mol. The lowest BCUT2D eigenvalue weighted by atomic mass is 10.0. The van der Waals surface area contributed by atoms with Gasteiger partial charge in [0.2, 0.25) is 5.91 Å². The highest BCUT2D eigenvalue weighted by atomic mass is 35.5. The minimum absolute atomic E-state index is 0.121. The number of likely N-dealkylation sites (tertiary alicyclic amines) is 1. The molecule has 1 atom stereocenters. The highest BCUT2D eigenvalue weighted by Gasteiger charge is 2.26. The summed E-state index contributed by atoms with van der Waals surface area (Å²) in [4.78, 5) is 24.7. The van der Waals surface area contributed by atoms with E-state index in [1.807, 2.05) is 6.07 Å². The van der Waals surface area contributed by atoms with Crippen LogP contribution in [0.2, 0.25) is 5.02 Å². The second-order valence-corrected chi connectivity index (χ2v) is 6.98. The van der Waals surface area contributed by atoms with Gasteiger partial charge in [0.15, 0.2) is 0 Å². The normalized spacial score (nSPS) is 17.0. The standard InChI is InChI=1S/C19H19ClFN3O3/c20-17-11-16(24(26)27)6-7-18(17)22-19(25)12-23-8-2-5-15(23)10-13-3-1-4-14(21)9-13/h1,3-4,6-7,9,11,15H,2,5,8,10,12H2,(H,22,25). The van der Waals surface area contributed by atoms with E-state index in [9.17, 15) is 19.3 Å². The van der Waals surface area contributed by atoms with E-state index in [4.69, 9.17) is 11.6 Å². The van der Waals surface area contributed by atoms with E-state index in [-0.39, 0.29) is 35.0 Å². The first-order chi connectivity index (χ1) is 12.9. The van der Waals surface area contributed by atoms with E-state index in [1.54, 1.807) is 6.07 Å². The first kappa shape index (κ1) is 19.3. The van der Waals surface area contributed by atoms with Crippen LogP contribution in [0.15, 0.2) is 42.5 Å². The van der Waals surface area contributed by atoms with Gasteiger partial charge in [0.25, 0.3) is 5.69 Å². The van der Waals surface area contributed by atoms with Crippen LogP contribution in [-0.2, 0) is 11.2 Å². The summed E-state index contributed by atoms with van der Waals surface area (Å²) in [7, 11) is 0. The SMILES string of the molecule is O=C(CN1CCCC1Cc1cccc(F)c1)Nc1ccc([N+](=O)[O-])cc1Cl. The average Bonchev–Trinajstić information content (AvgIpc) is 3.03. The van der Waals surface area contributed by atoms with Crippen molar-refractivity contribution in [3.05, 3.63) is 69.0 Å². The highest BCUT2D eigenvalue weighted by molar-refractivity contribution is 6.34. The molecule has 1 amide bonds. The van der Waals surface area contributed by atoms with Gasteiger partial charge in [-0.1, -0.05) is 23.7 Å². The molecule has 0 radical (unpaired) electrons. The molecule has 3 rings (SSSR count). The summed E-state index contributed by atoms with van der Waals surface area (Å²) in [6.07, 6.45) is 2.61. The van der Waals surface area contributed by atoms with Gasteiger partial charge in [-0.2, -0.15) is 0 Å². The summed E-state index contributed by atoms with van der Waals surface area (Å²) in [5.41, 5.74) is 1.12. The molecule has 0 spiro atoms. The molecule has 8 heteroatoms. The smallest absolute Gasteiger partial charge is 0.271 e. The molecule has 6 nitrogen and oxygen atoms in total. The van der Waals surface area contributed by atoms with Gasteiger partial charge in [-0.3, -0.25) is 19.8 Å². The number of rotatable bonds is 6. The second kappa shape index (κ2) is 8.45. The number of benzene rings is 2. The molecule has 1 fully saturated rings. The van der Waals surface area contributed by atoms with Crippen LogP contribution in [0.1, 0.15) is 18.4 Å². The van der Waals surface area contributed by atoms with Crippen LogP contribution >= 0.6 is 11.6 Å². The van der Waals surface area contributed by atoms with Crippen molar-refractivity contribution in [1.82, 2.24) is 4.90 Å². The van der Waals surface area contributed by atoms with Gasteiger partial charge < -0.3 is 5.32 Å². The second-order valence-electron chi connectivity index (χ2n) is 6.57. The van der Waals surface area contributed by atoms with Gasteiger partial charge in [0.1, 0.15) is 5.82 Å². The number of hydrogen-bond acceptors (Lipinski definition) is 4. The maximum Gasteiger partial charge on any atom is 0.271 e. The largest absolute Gasteiger partial charge is 0.324 e. The van der Waals surface area contributed by atoms with Crippen LogP contribution in [0.25, 0.3) is 0 Å². The number of amides is 1. The first-order valence-electron chi connectivity index (χ1n) is 8.64. The lowest BCUT2D eigenvalue weighted by Gasteiger charge is -2.24. The molecule has 27 heavy (non-hydrogen) atoms. The van der Waals surface area contributed by atoms with Gasteiger partial charge in [-0.25, -0.2) is 4.39 Å². The lowest BCUT2D eigenvalue weighted by molar-refractivity contribution is -0.384. The molecule has 1 aliphatic heterocycles. The van der Waals surface area contributed by atoms with Gasteiger partial charge in [0.05, 0.1) is 22.2 Å². The number of nitrogens with zero attached hydrogens (tertiary/aromatic N) is 2. The van der Waals surface area contributed by atoms with Crippen LogP contribution < -0.4 is 5.32 Å². The Balaban J connectivity index is 1.60. The predicted molar refractivity (Wildman–Crippen MR) is 101 cm³/mol. The fraction of sp³-hybridized carbons (Fsp3) is 0.316. The Kier molecular flexibility index (Phi) is 6.03. The number of nitro groups is 1. The van der Waals surface area contributed by atoms with Gasteiger partial charge >= 0.3 is 0 Å². The number of nitrogens with one attached hydrogen (secondary N) is 1. The summed E-state index contributed by atoms with van der Waals surface area (Å²) < 4.78 is 13.4. The third kappa shape index (κ3) is 5.02. The Hall–Kier alpha value is -2.51. The monoisotopic (exact) mass is 391 g/mol. The van der Waals surface area contributed by atoms with E-state index in [0.717, 1.165) is 24.9 Å². The van der Waals surface area contributed by atoms with Crippen molar-refractivity contribution in [2.75, 3.05) is 18.4 Å². The molecule has 1 N–H and O–H groups in total. The number of halogens is 2. The summed E-state index contributed by atoms with van der Waals surface area (Å²) in [6, 6.07) is 10.6. The third-order valence-electron chi connectivity index (χ3n) is 4.64. The Bertz CT molecular complexity index is 862. The minimum atomic E-state index is -0.543. The maximum absolute atomic E-state index is 13.4. The molecule has 1 aliphatic rings. The summed E-state index contributed by atoms with van der Waals surface area (Å²) >= 11 is 6.02. The van der Waals surface area contributed by atoms with Crippen LogP contribution in [0.5, 0.6) is 0 Å². The van der Waals surface area contributed by atoms with Crippen molar-refractivity contribution in [3.8, 4) is 0 Å². The van der Waals surface area contributed by atoms with Crippen LogP contribution in [0.4, 0.5) is 15.8 Å². The quantitative estimate of drug-likeness (QED) is 0.595. The zero-order valence-corrected chi connectivity index (χ0v) is 15.3. The minimum Gasteiger partial charge on any atom is -0.324 e. The van der Waals surface area contributed by atoms with Crippen LogP contribution in [0, 0.1) is 15.9 Å². The Morgan fingerprint density at radius 2 is 2.15 bits per heavy atom. The molecular formula is C19H19ClFN3O3. The molecule has 2 aromatic rings. The number of anilines is 1. The average molecular weight is 392 g/mol. The molecule has 1 saturated heterocycles. The highest BCUT2D eigenvalue weighted by Crippen LogP contribution is 2.27. The Morgan fingerprint density at radius 3 is 2.85 bits per heavy atom. The number of non-ortho nitro benzene ring substituents is 1. The van der Waals surface area contributed by atoms with Crippen LogP contribution in [0.3, 0.4) is 0 Å². The van der Waals surface area contributed by atoms with Crippen molar-refractivity contribution in [2.24, 2.45) is 0 Å². The lowest BCUT2D eigenvalue weighted by Crippen LogP contribution is -2.37.